The first-order valence-corrected chi connectivity index (χ1v) is 7.22. The van der Waals surface area contributed by atoms with Crippen molar-refractivity contribution in [2.45, 2.75) is 11.6 Å². The zero-order valence-electron chi connectivity index (χ0n) is 10.1. The molecule has 0 saturated carbocycles. The highest BCUT2D eigenvalue weighted by atomic mass is 35.5. The van der Waals surface area contributed by atoms with Crippen LogP contribution in [0, 0.1) is 0 Å². The van der Waals surface area contributed by atoms with Crippen LogP contribution in [0.5, 0.6) is 0 Å². The van der Waals surface area contributed by atoms with Crippen LogP contribution >= 0.6 is 11.6 Å². The number of aryl methyl sites for hydroxylation is 1. The smallest absolute Gasteiger partial charge is 0.281 e. The van der Waals surface area contributed by atoms with Gasteiger partial charge in [-0.15, -0.1) is 0 Å². The molecular weight excluding hydrogens is 290 g/mol. The lowest BCUT2D eigenvalue weighted by Crippen LogP contribution is -2.26. The molecule has 6 nitrogen and oxygen atoms in total. The van der Waals surface area contributed by atoms with Crippen LogP contribution in [-0.2, 0) is 28.5 Å². The lowest BCUT2D eigenvalue weighted by Gasteiger charge is -2.07. The monoisotopic (exact) mass is 301 g/mol. The average Bonchev–Trinajstić information content (AvgIpc) is 2.70. The maximum atomic E-state index is 11.9. The van der Waals surface area contributed by atoms with Crippen molar-refractivity contribution in [3.05, 3.63) is 47.1 Å². The molecule has 2 aromatic rings. The van der Waals surface area contributed by atoms with Crippen molar-refractivity contribution in [1.82, 2.24) is 14.7 Å². The summed E-state index contributed by atoms with van der Waals surface area (Å²) in [4.78, 5) is 7.00. The van der Waals surface area contributed by atoms with Gasteiger partial charge in [0.15, 0.2) is 5.03 Å². The highest BCUT2D eigenvalue weighted by molar-refractivity contribution is 7.89. The van der Waals surface area contributed by atoms with Crippen molar-refractivity contribution in [2.75, 3.05) is 0 Å². The van der Waals surface area contributed by atoms with E-state index in [-0.39, 0.29) is 16.7 Å². The van der Waals surface area contributed by atoms with Crippen LogP contribution in [0.3, 0.4) is 0 Å². The molecule has 0 fully saturated rings. The zero-order chi connectivity index (χ0) is 13.9. The van der Waals surface area contributed by atoms with Gasteiger partial charge < -0.3 is 0 Å². The van der Waals surface area contributed by atoms with E-state index in [9.17, 15) is 8.42 Å². The van der Waals surface area contributed by atoms with E-state index in [1.807, 2.05) is 35.2 Å². The summed E-state index contributed by atoms with van der Waals surface area (Å²) < 4.78 is 25.1. The summed E-state index contributed by atoms with van der Waals surface area (Å²) in [7, 11) is -2.37. The van der Waals surface area contributed by atoms with Gasteiger partial charge in [0.05, 0.1) is 17.8 Å². The number of benzene rings is 1. The number of nitrogens with one attached hydrogen (secondary N) is 1. The van der Waals surface area contributed by atoms with Crippen LogP contribution in [0.1, 0.15) is 5.56 Å². The minimum absolute atomic E-state index is 0.0401. The Bertz CT molecular complexity index is 636. The number of nitrogens with zero attached hydrogens (tertiary/aromatic N) is 2. The van der Waals surface area contributed by atoms with Crippen molar-refractivity contribution < 1.29 is 13.3 Å². The van der Waals surface area contributed by atoms with Crippen LogP contribution in [0.25, 0.3) is 0 Å². The SMILES string of the molecule is Cn1ncc(Cl)c1S(=O)(=O)NOCc1ccccc1. The summed E-state index contributed by atoms with van der Waals surface area (Å²) in [5.74, 6) is 0. The summed E-state index contributed by atoms with van der Waals surface area (Å²) in [5.41, 5.74) is 0.848. The molecule has 0 bridgehead atoms. The molecule has 2 rings (SSSR count). The van der Waals surface area contributed by atoms with Crippen LogP contribution in [-0.4, -0.2) is 18.2 Å². The molecule has 0 atom stereocenters. The first kappa shape index (κ1) is 14.0. The van der Waals surface area contributed by atoms with Crippen LogP contribution in [0.4, 0.5) is 0 Å². The molecule has 1 aromatic heterocycles. The maximum absolute atomic E-state index is 11.9. The molecule has 1 aromatic carbocycles. The van der Waals surface area contributed by atoms with Gasteiger partial charge in [-0.1, -0.05) is 46.8 Å². The van der Waals surface area contributed by atoms with Crippen LogP contribution in [0.2, 0.25) is 5.02 Å². The Balaban J connectivity index is 2.03. The van der Waals surface area contributed by atoms with Crippen molar-refractivity contribution in [1.29, 1.82) is 0 Å². The summed E-state index contributed by atoms with van der Waals surface area (Å²) in [6.45, 7) is 0.121. The van der Waals surface area contributed by atoms with Crippen molar-refractivity contribution in [3.8, 4) is 0 Å². The van der Waals surface area contributed by atoms with Crippen molar-refractivity contribution in [2.24, 2.45) is 7.05 Å². The molecule has 0 spiro atoms. The normalized spacial score (nSPS) is 11.7. The number of aromatic nitrogens is 2. The molecule has 102 valence electrons. The van der Waals surface area contributed by atoms with E-state index in [1.54, 1.807) is 0 Å². The van der Waals surface area contributed by atoms with E-state index in [0.29, 0.717) is 0 Å². The number of hydrogen-bond acceptors (Lipinski definition) is 4. The predicted molar refractivity (Wildman–Crippen MR) is 69.8 cm³/mol. The first-order valence-electron chi connectivity index (χ1n) is 5.36. The van der Waals surface area contributed by atoms with Crippen LogP contribution in [0.15, 0.2) is 41.6 Å². The number of rotatable bonds is 5. The molecule has 1 N–H and O–H groups in total. The van der Waals surface area contributed by atoms with Gasteiger partial charge in [-0.25, -0.2) is 8.42 Å². The van der Waals surface area contributed by atoms with Crippen LogP contribution < -0.4 is 4.89 Å². The second-order valence-electron chi connectivity index (χ2n) is 3.78. The molecule has 0 unspecified atom stereocenters. The number of halogens is 1. The molecular formula is C11H12ClN3O3S. The lowest BCUT2D eigenvalue weighted by atomic mass is 10.2. The Hall–Kier alpha value is -1.41. The summed E-state index contributed by atoms with van der Waals surface area (Å²) >= 11 is 5.77. The van der Waals surface area contributed by atoms with Gasteiger partial charge in [0.2, 0.25) is 0 Å². The van der Waals surface area contributed by atoms with E-state index >= 15 is 0 Å². The zero-order valence-corrected chi connectivity index (χ0v) is 11.6. The maximum Gasteiger partial charge on any atom is 0.281 e. The molecule has 0 aliphatic rings. The molecule has 0 amide bonds. The van der Waals surface area contributed by atoms with E-state index in [4.69, 9.17) is 16.4 Å². The molecule has 19 heavy (non-hydrogen) atoms. The fraction of sp³-hybridized carbons (Fsp3) is 0.182. The van der Waals surface area contributed by atoms with Gasteiger partial charge in [0.25, 0.3) is 10.0 Å². The summed E-state index contributed by atoms with van der Waals surface area (Å²) in [6.07, 6.45) is 1.26. The number of hydrogen-bond donors (Lipinski definition) is 1. The Morgan fingerprint density at radius 2 is 2.05 bits per heavy atom. The quantitative estimate of drug-likeness (QED) is 0.849. The Morgan fingerprint density at radius 3 is 2.63 bits per heavy atom. The molecule has 0 radical (unpaired) electrons. The Kier molecular flexibility index (Phi) is 4.20. The van der Waals surface area contributed by atoms with Gasteiger partial charge in [-0.05, 0) is 5.56 Å². The standard InChI is InChI=1S/C11H12ClN3O3S/c1-15-11(10(12)7-13-15)19(16,17)14-18-8-9-5-3-2-4-6-9/h2-7,14H,8H2,1H3. The van der Waals surface area contributed by atoms with E-state index < -0.39 is 10.0 Å². The second kappa shape index (κ2) is 5.70. The fourth-order valence-electron chi connectivity index (χ4n) is 1.51. The third-order valence-electron chi connectivity index (χ3n) is 2.35. The summed E-state index contributed by atoms with van der Waals surface area (Å²) in [6, 6.07) is 9.19. The summed E-state index contributed by atoms with van der Waals surface area (Å²) in [5, 5.41) is 3.66. The first-order chi connectivity index (χ1) is 9.00. The molecule has 1 heterocycles. The van der Waals surface area contributed by atoms with Gasteiger partial charge >= 0.3 is 0 Å². The van der Waals surface area contributed by atoms with E-state index in [1.165, 1.54) is 13.2 Å². The second-order valence-corrected chi connectivity index (χ2v) is 5.75. The molecule has 0 saturated heterocycles. The Labute approximate surface area is 116 Å². The Morgan fingerprint density at radius 1 is 1.37 bits per heavy atom. The van der Waals surface area contributed by atoms with Crippen molar-refractivity contribution >= 4 is 21.6 Å². The third-order valence-corrected chi connectivity index (χ3v) is 4.07. The van der Waals surface area contributed by atoms with Gasteiger partial charge in [0, 0.05) is 7.05 Å². The largest absolute Gasteiger partial charge is 0.282 e. The minimum atomic E-state index is -3.85. The lowest BCUT2D eigenvalue weighted by molar-refractivity contribution is 0.0792. The highest BCUT2D eigenvalue weighted by Crippen LogP contribution is 2.19. The van der Waals surface area contributed by atoms with Gasteiger partial charge in [-0.2, -0.15) is 5.10 Å². The highest BCUT2D eigenvalue weighted by Gasteiger charge is 2.22. The minimum Gasteiger partial charge on any atom is -0.282 e. The van der Waals surface area contributed by atoms with Crippen molar-refractivity contribution in [3.63, 3.8) is 0 Å². The number of sulfonamides is 1. The average molecular weight is 302 g/mol. The van der Waals surface area contributed by atoms with E-state index in [0.717, 1.165) is 10.2 Å². The van der Waals surface area contributed by atoms with E-state index in [2.05, 4.69) is 5.10 Å². The van der Waals surface area contributed by atoms with Gasteiger partial charge in [-0.3, -0.25) is 9.52 Å². The predicted octanol–water partition coefficient (Wildman–Crippen LogP) is 1.48. The molecule has 0 aliphatic carbocycles. The van der Waals surface area contributed by atoms with Gasteiger partial charge in [0.1, 0.15) is 0 Å². The fourth-order valence-corrected chi connectivity index (χ4v) is 2.97. The molecule has 0 aliphatic heterocycles. The topological polar surface area (TPSA) is 73.2 Å². The molecule has 8 heteroatoms. The third kappa shape index (κ3) is 3.32.